The van der Waals surface area contributed by atoms with E-state index < -0.39 is 0 Å². The molecule has 23 heavy (non-hydrogen) atoms. The average molecular weight is 317 g/mol. The van der Waals surface area contributed by atoms with E-state index in [1.165, 1.54) is 0 Å². The van der Waals surface area contributed by atoms with E-state index in [9.17, 15) is 4.79 Å². The van der Waals surface area contributed by atoms with E-state index in [2.05, 4.69) is 33.2 Å². The van der Waals surface area contributed by atoms with E-state index in [1.54, 1.807) is 6.33 Å². The monoisotopic (exact) mass is 317 g/mol. The van der Waals surface area contributed by atoms with Crippen molar-refractivity contribution in [3.63, 3.8) is 0 Å². The van der Waals surface area contributed by atoms with Crippen LogP contribution in [0.4, 0.5) is 5.82 Å². The molecule has 0 bridgehead atoms. The van der Waals surface area contributed by atoms with Gasteiger partial charge in [-0.2, -0.15) is 0 Å². The average Bonchev–Trinajstić information content (AvgIpc) is 3.02. The SMILES string of the molecule is CCc1cc(N2CCC(NC(=O)C3CCC(N)C3)CC2)ncn1. The molecular formula is C17H27N5O. The van der Waals surface area contributed by atoms with Gasteiger partial charge in [0.05, 0.1) is 0 Å². The Morgan fingerprint density at radius 2 is 2.09 bits per heavy atom. The molecule has 0 aromatic carbocycles. The van der Waals surface area contributed by atoms with Crippen molar-refractivity contribution in [2.24, 2.45) is 11.7 Å². The Kier molecular flexibility index (Phi) is 5.10. The van der Waals surface area contributed by atoms with Gasteiger partial charge < -0.3 is 16.0 Å². The molecule has 2 fully saturated rings. The minimum Gasteiger partial charge on any atom is -0.356 e. The van der Waals surface area contributed by atoms with Gasteiger partial charge in [0, 0.05) is 42.9 Å². The van der Waals surface area contributed by atoms with Crippen LogP contribution in [0, 0.1) is 5.92 Å². The highest BCUT2D eigenvalue weighted by Crippen LogP contribution is 2.25. The van der Waals surface area contributed by atoms with Gasteiger partial charge in [0.15, 0.2) is 0 Å². The van der Waals surface area contributed by atoms with Crippen molar-refractivity contribution >= 4 is 11.7 Å². The van der Waals surface area contributed by atoms with E-state index in [-0.39, 0.29) is 23.9 Å². The number of nitrogens with zero attached hydrogens (tertiary/aromatic N) is 3. The molecule has 3 rings (SSSR count). The number of anilines is 1. The van der Waals surface area contributed by atoms with Crippen LogP contribution in [0.15, 0.2) is 12.4 Å². The van der Waals surface area contributed by atoms with Crippen LogP contribution in [0.25, 0.3) is 0 Å². The lowest BCUT2D eigenvalue weighted by Gasteiger charge is -2.33. The molecule has 1 saturated heterocycles. The summed E-state index contributed by atoms with van der Waals surface area (Å²) in [6, 6.07) is 2.56. The minimum atomic E-state index is 0.122. The first kappa shape index (κ1) is 16.2. The number of hydrogen-bond donors (Lipinski definition) is 2. The number of nitrogens with two attached hydrogens (primary N) is 1. The molecule has 2 aliphatic rings. The Morgan fingerprint density at radius 1 is 1.30 bits per heavy atom. The fourth-order valence-electron chi connectivity index (χ4n) is 3.58. The summed E-state index contributed by atoms with van der Waals surface area (Å²) in [7, 11) is 0. The first-order chi connectivity index (χ1) is 11.2. The summed E-state index contributed by atoms with van der Waals surface area (Å²) in [4.78, 5) is 23.2. The summed E-state index contributed by atoms with van der Waals surface area (Å²) < 4.78 is 0. The molecule has 6 heteroatoms. The van der Waals surface area contributed by atoms with Gasteiger partial charge in [-0.3, -0.25) is 4.79 Å². The molecule has 3 N–H and O–H groups in total. The van der Waals surface area contributed by atoms with E-state index >= 15 is 0 Å². The smallest absolute Gasteiger partial charge is 0.223 e. The Hall–Kier alpha value is -1.69. The van der Waals surface area contributed by atoms with Crippen LogP contribution in [0.5, 0.6) is 0 Å². The van der Waals surface area contributed by atoms with Crippen molar-refractivity contribution in [2.45, 2.75) is 57.5 Å². The summed E-state index contributed by atoms with van der Waals surface area (Å²) in [6.07, 6.45) is 7.25. The second-order valence-electron chi connectivity index (χ2n) is 6.76. The Morgan fingerprint density at radius 3 is 2.74 bits per heavy atom. The Balaban J connectivity index is 1.49. The molecule has 1 amide bonds. The largest absolute Gasteiger partial charge is 0.356 e. The highest BCUT2D eigenvalue weighted by Gasteiger charge is 2.30. The molecule has 2 heterocycles. The van der Waals surface area contributed by atoms with Crippen LogP contribution in [0.1, 0.15) is 44.7 Å². The van der Waals surface area contributed by atoms with Gasteiger partial charge in [0.1, 0.15) is 12.1 Å². The Bertz CT molecular complexity index is 542. The van der Waals surface area contributed by atoms with Gasteiger partial charge in [0.2, 0.25) is 5.91 Å². The maximum Gasteiger partial charge on any atom is 0.223 e. The fraction of sp³-hybridized carbons (Fsp3) is 0.706. The summed E-state index contributed by atoms with van der Waals surface area (Å²) >= 11 is 0. The summed E-state index contributed by atoms with van der Waals surface area (Å²) in [5.74, 6) is 1.33. The number of carbonyl (C=O) groups excluding carboxylic acids is 1. The number of hydrogen-bond acceptors (Lipinski definition) is 5. The molecular weight excluding hydrogens is 290 g/mol. The predicted octanol–water partition coefficient (Wildman–Crippen LogP) is 1.25. The van der Waals surface area contributed by atoms with Gasteiger partial charge in [-0.1, -0.05) is 6.92 Å². The zero-order chi connectivity index (χ0) is 16.2. The lowest BCUT2D eigenvalue weighted by Crippen LogP contribution is -2.46. The van der Waals surface area contributed by atoms with Crippen LogP contribution in [-0.2, 0) is 11.2 Å². The zero-order valence-corrected chi connectivity index (χ0v) is 13.9. The van der Waals surface area contributed by atoms with Crippen LogP contribution in [0.3, 0.4) is 0 Å². The maximum absolute atomic E-state index is 12.3. The number of aromatic nitrogens is 2. The molecule has 2 atom stereocenters. The highest BCUT2D eigenvalue weighted by molar-refractivity contribution is 5.79. The first-order valence-electron chi connectivity index (χ1n) is 8.77. The topological polar surface area (TPSA) is 84.1 Å². The van der Waals surface area contributed by atoms with E-state index in [0.29, 0.717) is 0 Å². The van der Waals surface area contributed by atoms with E-state index in [4.69, 9.17) is 5.73 Å². The van der Waals surface area contributed by atoms with Gasteiger partial charge in [-0.05, 0) is 38.5 Å². The van der Waals surface area contributed by atoms with Crippen molar-refractivity contribution in [2.75, 3.05) is 18.0 Å². The van der Waals surface area contributed by atoms with Crippen LogP contribution in [-0.4, -0.2) is 41.0 Å². The number of aryl methyl sites for hydroxylation is 1. The normalized spacial score (nSPS) is 25.6. The van der Waals surface area contributed by atoms with E-state index in [0.717, 1.165) is 63.1 Å². The standard InChI is InChI=1S/C17H27N5O/c1-2-14-10-16(20-11-19-14)22-7-5-15(6-8-22)21-17(23)12-3-4-13(18)9-12/h10-13,15H,2-9,18H2,1H3,(H,21,23). The third kappa shape index (κ3) is 3.99. The van der Waals surface area contributed by atoms with Gasteiger partial charge >= 0.3 is 0 Å². The quantitative estimate of drug-likeness (QED) is 0.873. The second-order valence-corrected chi connectivity index (χ2v) is 6.76. The molecule has 6 nitrogen and oxygen atoms in total. The van der Waals surface area contributed by atoms with Crippen molar-refractivity contribution in [3.05, 3.63) is 18.1 Å². The minimum absolute atomic E-state index is 0.122. The zero-order valence-electron chi connectivity index (χ0n) is 13.9. The van der Waals surface area contributed by atoms with Gasteiger partial charge in [0.25, 0.3) is 0 Å². The predicted molar refractivity (Wildman–Crippen MR) is 90.1 cm³/mol. The molecule has 1 saturated carbocycles. The van der Waals surface area contributed by atoms with Gasteiger partial charge in [-0.15, -0.1) is 0 Å². The maximum atomic E-state index is 12.3. The van der Waals surface area contributed by atoms with Crippen LogP contribution < -0.4 is 16.0 Å². The lowest BCUT2D eigenvalue weighted by molar-refractivity contribution is -0.125. The second kappa shape index (κ2) is 7.25. The van der Waals surface area contributed by atoms with Crippen molar-refractivity contribution in [1.29, 1.82) is 0 Å². The molecule has 1 aliphatic heterocycles. The summed E-state index contributed by atoms with van der Waals surface area (Å²) in [5.41, 5.74) is 6.98. The third-order valence-corrected chi connectivity index (χ3v) is 5.08. The number of amides is 1. The summed E-state index contributed by atoms with van der Waals surface area (Å²) in [5, 5.41) is 3.22. The van der Waals surface area contributed by atoms with E-state index in [1.807, 2.05) is 0 Å². The van der Waals surface area contributed by atoms with Crippen LogP contribution >= 0.6 is 0 Å². The molecule has 1 aliphatic carbocycles. The molecule has 0 spiro atoms. The molecule has 126 valence electrons. The summed E-state index contributed by atoms with van der Waals surface area (Å²) in [6.45, 7) is 3.95. The molecule has 0 radical (unpaired) electrons. The first-order valence-corrected chi connectivity index (χ1v) is 8.77. The van der Waals surface area contributed by atoms with Crippen molar-refractivity contribution in [1.82, 2.24) is 15.3 Å². The fourth-order valence-corrected chi connectivity index (χ4v) is 3.58. The Labute approximate surface area is 137 Å². The number of carbonyl (C=O) groups is 1. The van der Waals surface area contributed by atoms with Crippen LogP contribution in [0.2, 0.25) is 0 Å². The molecule has 2 unspecified atom stereocenters. The lowest BCUT2D eigenvalue weighted by atomic mass is 10.0. The third-order valence-electron chi connectivity index (χ3n) is 5.08. The van der Waals surface area contributed by atoms with Crippen molar-refractivity contribution < 1.29 is 4.79 Å². The number of nitrogens with one attached hydrogen (secondary N) is 1. The molecule has 1 aromatic rings. The molecule has 1 aromatic heterocycles. The van der Waals surface area contributed by atoms with Gasteiger partial charge in [-0.25, -0.2) is 9.97 Å². The number of piperidine rings is 1. The van der Waals surface area contributed by atoms with Crippen molar-refractivity contribution in [3.8, 4) is 0 Å². The number of rotatable bonds is 4. The highest BCUT2D eigenvalue weighted by atomic mass is 16.1.